The minimum atomic E-state index is -0.121. The molecule has 28 heavy (non-hydrogen) atoms. The minimum absolute atomic E-state index is 0.0139. The van der Waals surface area contributed by atoms with Crippen molar-refractivity contribution in [3.63, 3.8) is 0 Å². The number of aromatic nitrogens is 2. The first-order valence-corrected chi connectivity index (χ1v) is 9.57. The Labute approximate surface area is 165 Å². The fourth-order valence-corrected chi connectivity index (χ4v) is 3.33. The average molecular weight is 385 g/mol. The lowest BCUT2D eigenvalue weighted by Gasteiger charge is -2.29. The molecule has 1 aromatic carbocycles. The van der Waals surface area contributed by atoms with Crippen LogP contribution in [0.25, 0.3) is 0 Å². The van der Waals surface area contributed by atoms with Gasteiger partial charge in [-0.3, -0.25) is 4.79 Å². The molecule has 0 atom stereocenters. The van der Waals surface area contributed by atoms with Crippen LogP contribution in [-0.4, -0.2) is 41.7 Å². The van der Waals surface area contributed by atoms with E-state index >= 15 is 0 Å². The minimum Gasteiger partial charge on any atom is -0.497 e. The third-order valence-electron chi connectivity index (χ3n) is 4.68. The average Bonchev–Trinajstić information content (AvgIpc) is 2.67. The summed E-state index contributed by atoms with van der Waals surface area (Å²) in [7, 11) is 1.60. The van der Waals surface area contributed by atoms with Gasteiger partial charge in [-0.05, 0) is 57.7 Å². The number of ether oxygens (including phenoxy) is 3. The summed E-state index contributed by atoms with van der Waals surface area (Å²) < 4.78 is 16.6. The molecule has 1 N–H and O–H groups in total. The lowest BCUT2D eigenvalue weighted by molar-refractivity contribution is -0.124. The predicted molar refractivity (Wildman–Crippen MR) is 105 cm³/mol. The second-order valence-corrected chi connectivity index (χ2v) is 7.06. The van der Waals surface area contributed by atoms with Crippen LogP contribution >= 0.6 is 0 Å². The predicted octanol–water partition coefficient (Wildman–Crippen LogP) is 2.99. The summed E-state index contributed by atoms with van der Waals surface area (Å²) in [4.78, 5) is 20.8. The van der Waals surface area contributed by atoms with E-state index in [-0.39, 0.29) is 24.7 Å². The zero-order valence-corrected chi connectivity index (χ0v) is 16.6. The molecular formula is C21H27N3O4. The van der Waals surface area contributed by atoms with Crippen LogP contribution in [-0.2, 0) is 4.79 Å². The molecule has 3 rings (SSSR count). The van der Waals surface area contributed by atoms with Gasteiger partial charge in [0, 0.05) is 23.5 Å². The van der Waals surface area contributed by atoms with Crippen LogP contribution in [0.1, 0.15) is 37.1 Å². The lowest BCUT2D eigenvalue weighted by Crippen LogP contribution is -2.41. The van der Waals surface area contributed by atoms with Crippen molar-refractivity contribution in [1.82, 2.24) is 15.3 Å². The van der Waals surface area contributed by atoms with Crippen LogP contribution in [0.2, 0.25) is 0 Å². The number of nitrogens with zero attached hydrogens (tertiary/aromatic N) is 2. The maximum absolute atomic E-state index is 12.2. The molecular weight excluding hydrogens is 358 g/mol. The number of rotatable bonds is 7. The van der Waals surface area contributed by atoms with Crippen molar-refractivity contribution < 1.29 is 19.0 Å². The number of amides is 1. The van der Waals surface area contributed by atoms with E-state index in [4.69, 9.17) is 14.2 Å². The van der Waals surface area contributed by atoms with Crippen molar-refractivity contribution in [1.29, 1.82) is 0 Å². The summed E-state index contributed by atoms with van der Waals surface area (Å²) in [6.45, 7) is 3.85. The molecule has 150 valence electrons. The highest BCUT2D eigenvalue weighted by Gasteiger charge is 2.24. The maximum Gasteiger partial charge on any atom is 0.317 e. The van der Waals surface area contributed by atoms with Gasteiger partial charge in [0.2, 0.25) is 0 Å². The molecule has 0 bridgehead atoms. The van der Waals surface area contributed by atoms with Gasteiger partial charge in [0.1, 0.15) is 17.6 Å². The second-order valence-electron chi connectivity index (χ2n) is 7.06. The SMILES string of the molecule is COc1cccc(OCC(=O)NC2CCC(Oc3nc(C)cc(C)n3)CC2)c1. The highest BCUT2D eigenvalue weighted by atomic mass is 16.5. The topological polar surface area (TPSA) is 82.6 Å². The second kappa shape index (κ2) is 9.39. The molecule has 1 aliphatic carbocycles. The first kappa shape index (κ1) is 19.9. The summed E-state index contributed by atoms with van der Waals surface area (Å²) in [5.74, 6) is 1.19. The van der Waals surface area contributed by atoms with Gasteiger partial charge in [-0.15, -0.1) is 0 Å². The summed E-state index contributed by atoms with van der Waals surface area (Å²) in [6, 6.07) is 9.72. The highest BCUT2D eigenvalue weighted by Crippen LogP contribution is 2.23. The van der Waals surface area contributed by atoms with Gasteiger partial charge in [0.15, 0.2) is 6.61 Å². The van der Waals surface area contributed by atoms with E-state index in [0.717, 1.165) is 37.1 Å². The van der Waals surface area contributed by atoms with Crippen LogP contribution in [0, 0.1) is 13.8 Å². The molecule has 1 amide bonds. The van der Waals surface area contributed by atoms with Gasteiger partial charge >= 0.3 is 6.01 Å². The molecule has 1 aromatic heterocycles. The first-order chi connectivity index (χ1) is 13.5. The van der Waals surface area contributed by atoms with Crippen molar-refractivity contribution in [2.45, 2.75) is 51.7 Å². The molecule has 0 radical (unpaired) electrons. The zero-order valence-electron chi connectivity index (χ0n) is 16.6. The van der Waals surface area contributed by atoms with Crippen LogP contribution in [0.5, 0.6) is 17.5 Å². The van der Waals surface area contributed by atoms with E-state index < -0.39 is 0 Å². The molecule has 0 unspecified atom stereocenters. The molecule has 2 aromatic rings. The Bertz CT molecular complexity index is 784. The Morgan fingerprint density at radius 1 is 1.07 bits per heavy atom. The largest absolute Gasteiger partial charge is 0.497 e. The van der Waals surface area contributed by atoms with Crippen molar-refractivity contribution in [2.24, 2.45) is 0 Å². The molecule has 0 saturated heterocycles. The third kappa shape index (κ3) is 5.84. The highest BCUT2D eigenvalue weighted by molar-refractivity contribution is 5.77. The Kier molecular flexibility index (Phi) is 6.68. The van der Waals surface area contributed by atoms with E-state index in [2.05, 4.69) is 15.3 Å². The van der Waals surface area contributed by atoms with Crippen molar-refractivity contribution in [3.05, 3.63) is 41.7 Å². The van der Waals surface area contributed by atoms with Crippen LogP contribution in [0.4, 0.5) is 0 Å². The Balaban J connectivity index is 1.40. The Morgan fingerprint density at radius 2 is 1.75 bits per heavy atom. The zero-order chi connectivity index (χ0) is 19.9. The standard InChI is InChI=1S/C21H27N3O4/c1-14-11-15(2)23-21(22-14)28-17-9-7-16(8-10-17)24-20(25)13-27-19-6-4-5-18(12-19)26-3/h4-6,11-12,16-17H,7-10,13H2,1-3H3,(H,24,25). The van der Waals surface area contributed by atoms with E-state index in [9.17, 15) is 4.79 Å². The van der Waals surface area contributed by atoms with Gasteiger partial charge in [-0.2, -0.15) is 0 Å². The number of methoxy groups -OCH3 is 1. The van der Waals surface area contributed by atoms with Gasteiger partial charge in [0.25, 0.3) is 5.91 Å². The van der Waals surface area contributed by atoms with E-state index in [1.54, 1.807) is 19.2 Å². The third-order valence-corrected chi connectivity index (χ3v) is 4.68. The Morgan fingerprint density at radius 3 is 2.43 bits per heavy atom. The van der Waals surface area contributed by atoms with E-state index in [1.165, 1.54) is 0 Å². The molecule has 1 aliphatic rings. The molecule has 1 fully saturated rings. The summed E-state index contributed by atoms with van der Waals surface area (Å²) in [5.41, 5.74) is 1.80. The van der Waals surface area contributed by atoms with Gasteiger partial charge in [0.05, 0.1) is 7.11 Å². The number of benzene rings is 1. The number of aryl methyl sites for hydroxylation is 2. The Hall–Kier alpha value is -2.83. The lowest BCUT2D eigenvalue weighted by atomic mass is 9.93. The number of carbonyl (C=O) groups excluding carboxylic acids is 1. The molecule has 7 heteroatoms. The summed E-state index contributed by atoms with van der Waals surface area (Å²) in [6.07, 6.45) is 3.53. The van der Waals surface area contributed by atoms with Gasteiger partial charge < -0.3 is 19.5 Å². The summed E-state index contributed by atoms with van der Waals surface area (Å²) >= 11 is 0. The number of nitrogens with one attached hydrogen (secondary N) is 1. The van der Waals surface area contributed by atoms with Gasteiger partial charge in [-0.25, -0.2) is 9.97 Å². The fraction of sp³-hybridized carbons (Fsp3) is 0.476. The molecule has 1 saturated carbocycles. The number of carbonyl (C=O) groups is 1. The van der Waals surface area contributed by atoms with E-state index in [1.807, 2.05) is 32.0 Å². The van der Waals surface area contributed by atoms with Crippen molar-refractivity contribution in [3.8, 4) is 17.5 Å². The monoisotopic (exact) mass is 385 g/mol. The summed E-state index contributed by atoms with van der Waals surface area (Å²) in [5, 5.41) is 3.04. The fourth-order valence-electron chi connectivity index (χ4n) is 3.33. The molecule has 1 heterocycles. The number of hydrogen-bond donors (Lipinski definition) is 1. The van der Waals surface area contributed by atoms with Crippen LogP contribution < -0.4 is 19.5 Å². The smallest absolute Gasteiger partial charge is 0.317 e. The van der Waals surface area contributed by atoms with Crippen molar-refractivity contribution in [2.75, 3.05) is 13.7 Å². The van der Waals surface area contributed by atoms with Crippen molar-refractivity contribution >= 4 is 5.91 Å². The molecule has 7 nitrogen and oxygen atoms in total. The first-order valence-electron chi connectivity index (χ1n) is 9.57. The van der Waals surface area contributed by atoms with Crippen LogP contribution in [0.3, 0.4) is 0 Å². The molecule has 0 aliphatic heterocycles. The van der Waals surface area contributed by atoms with Crippen LogP contribution in [0.15, 0.2) is 30.3 Å². The number of hydrogen-bond acceptors (Lipinski definition) is 6. The van der Waals surface area contributed by atoms with Gasteiger partial charge in [-0.1, -0.05) is 6.07 Å². The quantitative estimate of drug-likeness (QED) is 0.789. The normalized spacial score (nSPS) is 19.0. The maximum atomic E-state index is 12.2. The molecule has 0 spiro atoms. The van der Waals surface area contributed by atoms with E-state index in [0.29, 0.717) is 17.5 Å².